The first-order valence-corrected chi connectivity index (χ1v) is 6.26. The molecule has 90 valence electrons. The number of nitrogens with one attached hydrogen (secondary N) is 1. The Bertz CT molecular complexity index is 537. The minimum Gasteiger partial charge on any atom is -0.305 e. The van der Waals surface area contributed by atoms with E-state index in [-0.39, 0.29) is 5.54 Å². The molecule has 0 aliphatic carbocycles. The Hall–Kier alpha value is -1.42. The topological polar surface area (TPSA) is 42.2 Å². The van der Waals surface area contributed by atoms with E-state index in [9.17, 15) is 0 Å². The van der Waals surface area contributed by atoms with Crippen molar-refractivity contribution in [3.63, 3.8) is 0 Å². The maximum absolute atomic E-state index is 4.38. The van der Waals surface area contributed by atoms with Gasteiger partial charge in [0.1, 0.15) is 0 Å². The van der Waals surface area contributed by atoms with Crippen molar-refractivity contribution in [2.75, 3.05) is 6.54 Å². The standard InChI is InChI=1S/C13H18N4/c1-10-5-8-17-11(9-10)15-16-12(17)13(2)6-3-4-7-14-13/h5,8-9,14H,3-4,6-7H2,1-2H3. The number of pyridine rings is 1. The number of piperidine rings is 1. The van der Waals surface area contributed by atoms with Crippen molar-refractivity contribution in [3.05, 3.63) is 29.7 Å². The summed E-state index contributed by atoms with van der Waals surface area (Å²) in [5.41, 5.74) is 2.12. The second-order valence-electron chi connectivity index (χ2n) is 5.17. The summed E-state index contributed by atoms with van der Waals surface area (Å²) in [4.78, 5) is 0. The number of hydrogen-bond acceptors (Lipinski definition) is 3. The molecule has 0 aromatic carbocycles. The Morgan fingerprint density at radius 2 is 2.24 bits per heavy atom. The van der Waals surface area contributed by atoms with Crippen LogP contribution in [0.4, 0.5) is 0 Å². The average molecular weight is 230 g/mol. The zero-order valence-electron chi connectivity index (χ0n) is 10.4. The van der Waals surface area contributed by atoms with E-state index < -0.39 is 0 Å². The first kappa shape index (κ1) is 10.7. The van der Waals surface area contributed by atoms with Crippen LogP contribution >= 0.6 is 0 Å². The number of nitrogens with zero attached hydrogens (tertiary/aromatic N) is 3. The van der Waals surface area contributed by atoms with E-state index in [2.05, 4.69) is 52.1 Å². The molecule has 17 heavy (non-hydrogen) atoms. The van der Waals surface area contributed by atoms with Crippen molar-refractivity contribution >= 4 is 5.65 Å². The maximum Gasteiger partial charge on any atom is 0.161 e. The van der Waals surface area contributed by atoms with Gasteiger partial charge in [-0.15, -0.1) is 10.2 Å². The summed E-state index contributed by atoms with van der Waals surface area (Å²) < 4.78 is 2.10. The molecule has 0 spiro atoms. The summed E-state index contributed by atoms with van der Waals surface area (Å²) in [6.07, 6.45) is 5.71. The van der Waals surface area contributed by atoms with Gasteiger partial charge in [-0.25, -0.2) is 0 Å². The number of hydrogen-bond donors (Lipinski definition) is 1. The predicted molar refractivity (Wildman–Crippen MR) is 66.9 cm³/mol. The quantitative estimate of drug-likeness (QED) is 0.815. The van der Waals surface area contributed by atoms with Gasteiger partial charge in [-0.1, -0.05) is 0 Å². The summed E-state index contributed by atoms with van der Waals surface area (Å²) in [5, 5.41) is 12.2. The predicted octanol–water partition coefficient (Wildman–Crippen LogP) is 2.03. The highest BCUT2D eigenvalue weighted by Gasteiger charge is 2.32. The summed E-state index contributed by atoms with van der Waals surface area (Å²) in [7, 11) is 0. The van der Waals surface area contributed by atoms with Crippen LogP contribution in [0.2, 0.25) is 0 Å². The summed E-state index contributed by atoms with van der Waals surface area (Å²) >= 11 is 0. The van der Waals surface area contributed by atoms with Crippen LogP contribution in [0.3, 0.4) is 0 Å². The third-order valence-electron chi connectivity index (χ3n) is 3.68. The van der Waals surface area contributed by atoms with E-state index in [1.54, 1.807) is 0 Å². The third kappa shape index (κ3) is 1.72. The van der Waals surface area contributed by atoms with Gasteiger partial charge in [-0.05, 0) is 57.4 Å². The van der Waals surface area contributed by atoms with E-state index in [0.717, 1.165) is 24.4 Å². The molecule has 0 saturated carbocycles. The monoisotopic (exact) mass is 230 g/mol. The van der Waals surface area contributed by atoms with Gasteiger partial charge in [0, 0.05) is 6.20 Å². The zero-order chi connectivity index (χ0) is 11.9. The van der Waals surface area contributed by atoms with Gasteiger partial charge in [0.05, 0.1) is 5.54 Å². The number of rotatable bonds is 1. The lowest BCUT2D eigenvalue weighted by Crippen LogP contribution is -2.44. The lowest BCUT2D eigenvalue weighted by molar-refractivity contribution is 0.267. The SMILES string of the molecule is Cc1ccn2c(C3(C)CCCCN3)nnc2c1. The molecule has 1 unspecified atom stereocenters. The largest absolute Gasteiger partial charge is 0.305 e. The molecule has 0 bridgehead atoms. The molecule has 3 rings (SSSR count). The Kier molecular flexibility index (Phi) is 2.40. The molecule has 2 aromatic heterocycles. The maximum atomic E-state index is 4.38. The van der Waals surface area contributed by atoms with Crippen LogP contribution in [0, 0.1) is 6.92 Å². The van der Waals surface area contributed by atoms with Crippen molar-refractivity contribution in [1.29, 1.82) is 0 Å². The van der Waals surface area contributed by atoms with E-state index in [0.29, 0.717) is 0 Å². The lowest BCUT2D eigenvalue weighted by Gasteiger charge is -2.33. The van der Waals surface area contributed by atoms with Crippen LogP contribution in [-0.2, 0) is 5.54 Å². The zero-order valence-corrected chi connectivity index (χ0v) is 10.4. The van der Waals surface area contributed by atoms with Gasteiger partial charge >= 0.3 is 0 Å². The fourth-order valence-electron chi connectivity index (χ4n) is 2.62. The van der Waals surface area contributed by atoms with Gasteiger partial charge in [-0.2, -0.15) is 0 Å². The minimum atomic E-state index is -0.0348. The molecule has 0 amide bonds. The fourth-order valence-corrected chi connectivity index (χ4v) is 2.62. The molecule has 1 aliphatic rings. The lowest BCUT2D eigenvalue weighted by atomic mass is 9.90. The molecule has 1 aliphatic heterocycles. The molecule has 1 atom stereocenters. The normalized spacial score (nSPS) is 25.3. The molecule has 4 nitrogen and oxygen atoms in total. The summed E-state index contributed by atoms with van der Waals surface area (Å²) in [5.74, 6) is 1.03. The van der Waals surface area contributed by atoms with E-state index in [1.165, 1.54) is 18.4 Å². The number of aromatic nitrogens is 3. The summed E-state index contributed by atoms with van der Waals surface area (Å²) in [6, 6.07) is 4.18. The first-order valence-electron chi connectivity index (χ1n) is 6.26. The van der Waals surface area contributed by atoms with E-state index >= 15 is 0 Å². The third-order valence-corrected chi connectivity index (χ3v) is 3.68. The Morgan fingerprint density at radius 3 is 3.00 bits per heavy atom. The van der Waals surface area contributed by atoms with E-state index in [1.807, 2.05) is 0 Å². The van der Waals surface area contributed by atoms with Gasteiger partial charge in [0.25, 0.3) is 0 Å². The Morgan fingerprint density at radius 1 is 1.35 bits per heavy atom. The second kappa shape index (κ2) is 3.81. The van der Waals surface area contributed by atoms with Crippen LogP contribution in [0.15, 0.2) is 18.3 Å². The highest BCUT2D eigenvalue weighted by Crippen LogP contribution is 2.28. The van der Waals surface area contributed by atoms with Crippen LogP contribution in [-0.4, -0.2) is 21.1 Å². The first-order chi connectivity index (χ1) is 8.19. The average Bonchev–Trinajstić information content (AvgIpc) is 2.73. The molecule has 1 N–H and O–H groups in total. The van der Waals surface area contributed by atoms with Crippen molar-refractivity contribution < 1.29 is 0 Å². The second-order valence-corrected chi connectivity index (χ2v) is 5.17. The molecule has 2 aromatic rings. The van der Waals surface area contributed by atoms with Crippen LogP contribution in [0.5, 0.6) is 0 Å². The van der Waals surface area contributed by atoms with Crippen molar-refractivity contribution in [3.8, 4) is 0 Å². The molecule has 3 heterocycles. The summed E-state index contributed by atoms with van der Waals surface area (Å²) in [6.45, 7) is 5.37. The molecular formula is C13H18N4. The highest BCUT2D eigenvalue weighted by atomic mass is 15.3. The van der Waals surface area contributed by atoms with Gasteiger partial charge in [0.15, 0.2) is 11.5 Å². The fraction of sp³-hybridized carbons (Fsp3) is 0.538. The Labute approximate surface area is 101 Å². The van der Waals surface area contributed by atoms with Crippen molar-refractivity contribution in [2.24, 2.45) is 0 Å². The number of fused-ring (bicyclic) bond motifs is 1. The van der Waals surface area contributed by atoms with Gasteiger partial charge in [0.2, 0.25) is 0 Å². The smallest absolute Gasteiger partial charge is 0.161 e. The molecule has 1 fully saturated rings. The molecule has 4 heteroatoms. The van der Waals surface area contributed by atoms with Crippen LogP contribution in [0.1, 0.15) is 37.6 Å². The van der Waals surface area contributed by atoms with Crippen LogP contribution < -0.4 is 5.32 Å². The van der Waals surface area contributed by atoms with Crippen molar-refractivity contribution in [1.82, 2.24) is 19.9 Å². The number of aryl methyl sites for hydroxylation is 1. The van der Waals surface area contributed by atoms with Gasteiger partial charge < -0.3 is 5.32 Å². The van der Waals surface area contributed by atoms with E-state index in [4.69, 9.17) is 0 Å². The molecular weight excluding hydrogens is 212 g/mol. The molecule has 0 radical (unpaired) electrons. The highest BCUT2D eigenvalue weighted by molar-refractivity contribution is 5.41. The van der Waals surface area contributed by atoms with Crippen LogP contribution in [0.25, 0.3) is 5.65 Å². The minimum absolute atomic E-state index is 0.0348. The van der Waals surface area contributed by atoms with Crippen molar-refractivity contribution in [2.45, 2.75) is 38.6 Å². The van der Waals surface area contributed by atoms with Gasteiger partial charge in [-0.3, -0.25) is 4.40 Å². The Balaban J connectivity index is 2.10. The molecule has 1 saturated heterocycles.